The Bertz CT molecular complexity index is 981. The molecule has 0 radical (unpaired) electrons. The molecule has 0 heterocycles. The van der Waals surface area contributed by atoms with Crippen LogP contribution in [-0.4, -0.2) is 22.7 Å². The van der Waals surface area contributed by atoms with Gasteiger partial charge in [-0.15, -0.1) is 0 Å². The molecule has 33 heavy (non-hydrogen) atoms. The van der Waals surface area contributed by atoms with Crippen molar-refractivity contribution in [3.05, 3.63) is 42.0 Å². The van der Waals surface area contributed by atoms with Gasteiger partial charge in [-0.3, -0.25) is 4.79 Å². The van der Waals surface area contributed by atoms with Gasteiger partial charge in [0.2, 0.25) is 0 Å². The Balaban J connectivity index is 1.18. The van der Waals surface area contributed by atoms with Crippen molar-refractivity contribution in [1.82, 2.24) is 5.32 Å². The van der Waals surface area contributed by atoms with E-state index in [4.69, 9.17) is 4.74 Å². The minimum absolute atomic E-state index is 0.123. The van der Waals surface area contributed by atoms with Gasteiger partial charge in [0, 0.05) is 12.1 Å². The largest absolute Gasteiger partial charge is 0.490 e. The fraction of sp³-hybridized carbons (Fsp3) is 0.621. The number of carboxylic acids is 1. The van der Waals surface area contributed by atoms with E-state index in [1.54, 1.807) is 0 Å². The molecule has 4 heteroatoms. The number of benzene rings is 2. The average Bonchev–Trinajstić information content (AvgIpc) is 2.84. The number of hydrogen-bond donors (Lipinski definition) is 2. The topological polar surface area (TPSA) is 58.6 Å². The molecule has 0 aliphatic heterocycles. The first-order chi connectivity index (χ1) is 15.9. The van der Waals surface area contributed by atoms with Crippen LogP contribution in [0.15, 0.2) is 36.4 Å². The zero-order chi connectivity index (χ0) is 23.1. The van der Waals surface area contributed by atoms with Gasteiger partial charge >= 0.3 is 5.97 Å². The van der Waals surface area contributed by atoms with Crippen LogP contribution in [0.1, 0.15) is 83.6 Å². The first-order valence-corrected chi connectivity index (χ1v) is 13.0. The molecule has 0 atom stereocenters. The summed E-state index contributed by atoms with van der Waals surface area (Å²) in [6.07, 6.45) is 10.6. The fourth-order valence-electron chi connectivity index (χ4n) is 6.58. The highest BCUT2D eigenvalue weighted by atomic mass is 16.5. The molecule has 4 aliphatic rings. The van der Waals surface area contributed by atoms with Crippen LogP contribution in [0.2, 0.25) is 0 Å². The second kappa shape index (κ2) is 8.94. The average molecular weight is 450 g/mol. The summed E-state index contributed by atoms with van der Waals surface area (Å²) in [5.41, 5.74) is 0.969. The molecular weight excluding hydrogens is 410 g/mol. The van der Waals surface area contributed by atoms with Crippen molar-refractivity contribution < 1.29 is 14.6 Å². The molecule has 2 aromatic rings. The fourth-order valence-corrected chi connectivity index (χ4v) is 6.58. The van der Waals surface area contributed by atoms with Gasteiger partial charge in [-0.2, -0.15) is 0 Å². The first-order valence-electron chi connectivity index (χ1n) is 13.0. The number of carboxylic acid groups (broad SMARTS) is 1. The van der Waals surface area contributed by atoms with Crippen LogP contribution in [-0.2, 0) is 11.3 Å². The van der Waals surface area contributed by atoms with Crippen molar-refractivity contribution in [2.45, 2.75) is 96.2 Å². The Morgan fingerprint density at radius 1 is 0.970 bits per heavy atom. The van der Waals surface area contributed by atoms with Crippen molar-refractivity contribution >= 4 is 16.7 Å². The molecule has 0 aromatic heterocycles. The number of aliphatic carboxylic acids is 1. The third kappa shape index (κ3) is 4.64. The summed E-state index contributed by atoms with van der Waals surface area (Å²) in [6, 6.07) is 13.2. The maximum absolute atomic E-state index is 11.7. The van der Waals surface area contributed by atoms with Gasteiger partial charge in [-0.05, 0) is 111 Å². The Kier molecular flexibility index (Phi) is 6.15. The molecule has 0 amide bonds. The lowest BCUT2D eigenvalue weighted by atomic mass is 9.57. The molecule has 4 aliphatic carbocycles. The summed E-state index contributed by atoms with van der Waals surface area (Å²) in [5.74, 6) is 2.04. The molecular formula is C29H39NO3. The first kappa shape index (κ1) is 22.7. The summed E-state index contributed by atoms with van der Waals surface area (Å²) < 4.78 is 6.35. The third-order valence-corrected chi connectivity index (χ3v) is 9.21. The lowest BCUT2D eigenvalue weighted by Gasteiger charge is -2.51. The smallest absolute Gasteiger partial charge is 0.309 e. The number of rotatable bonds is 7. The maximum Gasteiger partial charge on any atom is 0.309 e. The van der Waals surface area contributed by atoms with E-state index in [1.807, 2.05) is 0 Å². The number of ether oxygens (including phenoxy) is 1. The SMILES string of the molecule is CC(C)C1CCC(Oc2ccc3cc(CNC45CCC(C(=O)O)(CC4)CC5)ccc3c2)CC1. The van der Waals surface area contributed by atoms with E-state index >= 15 is 0 Å². The summed E-state index contributed by atoms with van der Waals surface area (Å²) in [6.45, 7) is 5.52. The molecule has 178 valence electrons. The lowest BCUT2D eigenvalue weighted by Crippen LogP contribution is -2.56. The molecule has 2 bridgehead atoms. The van der Waals surface area contributed by atoms with Crippen LogP contribution in [0, 0.1) is 17.3 Å². The minimum Gasteiger partial charge on any atom is -0.490 e. The maximum atomic E-state index is 11.7. The van der Waals surface area contributed by atoms with Gasteiger partial charge in [0.1, 0.15) is 5.75 Å². The number of nitrogens with one attached hydrogen (secondary N) is 1. The summed E-state index contributed by atoms with van der Waals surface area (Å²) in [4.78, 5) is 11.7. The monoisotopic (exact) mass is 449 g/mol. The van der Waals surface area contributed by atoms with Crippen LogP contribution < -0.4 is 10.1 Å². The second-order valence-electron chi connectivity index (χ2n) is 11.5. The van der Waals surface area contributed by atoms with Gasteiger partial charge < -0.3 is 15.2 Å². The van der Waals surface area contributed by atoms with Crippen LogP contribution in [0.5, 0.6) is 5.75 Å². The van der Waals surface area contributed by atoms with E-state index in [1.165, 1.54) is 42.0 Å². The van der Waals surface area contributed by atoms with Crippen LogP contribution in [0.3, 0.4) is 0 Å². The summed E-state index contributed by atoms with van der Waals surface area (Å²) >= 11 is 0. The minimum atomic E-state index is -0.586. The second-order valence-corrected chi connectivity index (χ2v) is 11.5. The molecule has 0 spiro atoms. The van der Waals surface area contributed by atoms with E-state index in [-0.39, 0.29) is 5.54 Å². The molecule has 4 nitrogen and oxygen atoms in total. The van der Waals surface area contributed by atoms with Crippen molar-refractivity contribution in [3.8, 4) is 5.75 Å². The van der Waals surface area contributed by atoms with E-state index in [0.717, 1.165) is 62.7 Å². The lowest BCUT2D eigenvalue weighted by molar-refractivity contribution is -0.156. The van der Waals surface area contributed by atoms with E-state index in [2.05, 4.69) is 55.6 Å². The predicted molar refractivity (Wildman–Crippen MR) is 133 cm³/mol. The number of carbonyl (C=O) groups is 1. The Hall–Kier alpha value is -2.07. The van der Waals surface area contributed by atoms with Gasteiger partial charge in [0.15, 0.2) is 0 Å². The molecule has 0 saturated heterocycles. The van der Waals surface area contributed by atoms with Gasteiger partial charge in [0.05, 0.1) is 11.5 Å². The highest BCUT2D eigenvalue weighted by molar-refractivity contribution is 5.84. The van der Waals surface area contributed by atoms with Crippen molar-refractivity contribution in [3.63, 3.8) is 0 Å². The standard InChI is InChI=1S/C29H39NO3/c1-20(2)22-5-8-25(9-6-22)33-26-10-7-23-17-21(3-4-24(23)18-26)19-30-29-14-11-28(12-15-29,13-16-29)27(31)32/h3-4,7,10,17-18,20,22,25,30H,5-6,8-9,11-16,19H2,1-2H3,(H,31,32). The van der Waals surface area contributed by atoms with E-state index in [9.17, 15) is 9.90 Å². The Labute approximate surface area is 198 Å². The molecule has 6 rings (SSSR count). The van der Waals surface area contributed by atoms with Crippen LogP contribution in [0.25, 0.3) is 10.8 Å². The van der Waals surface area contributed by atoms with Crippen molar-refractivity contribution in [1.29, 1.82) is 0 Å². The highest BCUT2D eigenvalue weighted by Crippen LogP contribution is 2.52. The highest BCUT2D eigenvalue weighted by Gasteiger charge is 2.52. The predicted octanol–water partition coefficient (Wildman–Crippen LogP) is 6.70. The van der Waals surface area contributed by atoms with Crippen LogP contribution >= 0.6 is 0 Å². The van der Waals surface area contributed by atoms with Crippen molar-refractivity contribution in [2.24, 2.45) is 17.3 Å². The van der Waals surface area contributed by atoms with Crippen LogP contribution in [0.4, 0.5) is 0 Å². The molecule has 0 unspecified atom stereocenters. The summed E-state index contributed by atoms with van der Waals surface area (Å²) in [7, 11) is 0. The Morgan fingerprint density at radius 2 is 1.61 bits per heavy atom. The molecule has 4 saturated carbocycles. The molecule has 2 N–H and O–H groups in total. The van der Waals surface area contributed by atoms with Gasteiger partial charge in [-0.25, -0.2) is 0 Å². The zero-order valence-electron chi connectivity index (χ0n) is 20.2. The number of fused-ring (bicyclic) bond motifs is 4. The number of hydrogen-bond acceptors (Lipinski definition) is 3. The summed E-state index contributed by atoms with van der Waals surface area (Å²) in [5, 5.41) is 15.9. The van der Waals surface area contributed by atoms with Gasteiger partial charge in [0.25, 0.3) is 0 Å². The Morgan fingerprint density at radius 3 is 2.24 bits per heavy atom. The molecule has 2 aromatic carbocycles. The normalized spacial score (nSPS) is 31.7. The quantitative estimate of drug-likeness (QED) is 0.494. The zero-order valence-corrected chi connectivity index (χ0v) is 20.2. The van der Waals surface area contributed by atoms with E-state index in [0.29, 0.717) is 6.10 Å². The van der Waals surface area contributed by atoms with E-state index < -0.39 is 11.4 Å². The third-order valence-electron chi connectivity index (χ3n) is 9.21. The molecule has 4 fully saturated rings. The van der Waals surface area contributed by atoms with Gasteiger partial charge in [-0.1, -0.05) is 32.0 Å². The van der Waals surface area contributed by atoms with Crippen molar-refractivity contribution in [2.75, 3.05) is 0 Å².